The van der Waals surface area contributed by atoms with Gasteiger partial charge < -0.3 is 9.47 Å². The van der Waals surface area contributed by atoms with E-state index in [4.69, 9.17) is 9.47 Å². The third kappa shape index (κ3) is 2.62. The van der Waals surface area contributed by atoms with Crippen molar-refractivity contribution in [2.45, 2.75) is 17.4 Å². The van der Waals surface area contributed by atoms with Crippen molar-refractivity contribution in [2.75, 3.05) is 14.2 Å². The second kappa shape index (κ2) is 5.46. The van der Waals surface area contributed by atoms with Crippen LogP contribution in [0.5, 0.6) is 0 Å². The Bertz CT molecular complexity index is 349. The highest BCUT2D eigenvalue weighted by molar-refractivity contribution is 9.10. The van der Waals surface area contributed by atoms with Crippen molar-refractivity contribution in [1.82, 2.24) is 0 Å². The first-order valence-electron chi connectivity index (χ1n) is 4.89. The van der Waals surface area contributed by atoms with E-state index < -0.39 is 4.32 Å². The first kappa shape index (κ1) is 13.2. The molecule has 1 aromatic carbocycles. The van der Waals surface area contributed by atoms with Crippen LogP contribution in [-0.4, -0.2) is 24.5 Å². The number of carbonyl (C=O) groups is 1. The highest BCUT2D eigenvalue weighted by Crippen LogP contribution is 2.37. The summed E-state index contributed by atoms with van der Waals surface area (Å²) in [7, 11) is 2.93. The molecule has 0 heterocycles. The lowest BCUT2D eigenvalue weighted by Gasteiger charge is -2.29. The average molecular weight is 287 g/mol. The number of benzene rings is 1. The summed E-state index contributed by atoms with van der Waals surface area (Å²) in [6, 6.07) is 9.55. The van der Waals surface area contributed by atoms with E-state index in [2.05, 4.69) is 15.9 Å². The summed E-state index contributed by atoms with van der Waals surface area (Å²) in [4.78, 5) is 11.7. The summed E-state index contributed by atoms with van der Waals surface area (Å²) >= 11 is 3.37. The van der Waals surface area contributed by atoms with Crippen LogP contribution in [0.15, 0.2) is 30.3 Å². The molecule has 0 aliphatic carbocycles. The van der Waals surface area contributed by atoms with Gasteiger partial charge in [-0.3, -0.25) is 4.79 Å². The molecule has 1 rings (SSSR count). The number of rotatable bonds is 4. The third-order valence-corrected chi connectivity index (χ3v) is 3.15. The Kier molecular flexibility index (Phi) is 4.50. The predicted molar refractivity (Wildman–Crippen MR) is 65.5 cm³/mol. The maximum atomic E-state index is 11.7. The van der Waals surface area contributed by atoms with Gasteiger partial charge in [0.25, 0.3) is 0 Å². The van der Waals surface area contributed by atoms with Crippen LogP contribution in [0.4, 0.5) is 0 Å². The van der Waals surface area contributed by atoms with Crippen LogP contribution >= 0.6 is 15.9 Å². The zero-order valence-corrected chi connectivity index (χ0v) is 11.2. The molecule has 16 heavy (non-hydrogen) atoms. The zero-order valence-electron chi connectivity index (χ0n) is 9.57. The molecule has 0 aliphatic heterocycles. The first-order chi connectivity index (χ1) is 7.54. The summed E-state index contributed by atoms with van der Waals surface area (Å²) in [6.07, 6.45) is -0.388. The molecule has 0 aliphatic rings. The first-order valence-corrected chi connectivity index (χ1v) is 5.68. The Balaban J connectivity index is 3.03. The fourth-order valence-electron chi connectivity index (χ4n) is 1.60. The van der Waals surface area contributed by atoms with Gasteiger partial charge in [0.15, 0.2) is 4.32 Å². The Labute approximate surface area is 104 Å². The number of halogens is 1. The molecular formula is C12H15BrO3. The minimum atomic E-state index is -0.891. The SMILES string of the molecule is COC(=O)[C@@](C)(Br)[C@@H](OC)c1ccccc1. The largest absolute Gasteiger partial charge is 0.468 e. The van der Waals surface area contributed by atoms with Crippen LogP contribution in [-0.2, 0) is 14.3 Å². The van der Waals surface area contributed by atoms with E-state index in [1.54, 1.807) is 14.0 Å². The second-order valence-electron chi connectivity index (χ2n) is 3.59. The second-order valence-corrected chi connectivity index (χ2v) is 5.24. The van der Waals surface area contributed by atoms with Crippen molar-refractivity contribution in [1.29, 1.82) is 0 Å². The van der Waals surface area contributed by atoms with Crippen LogP contribution in [0.2, 0.25) is 0 Å². The van der Waals surface area contributed by atoms with Crippen LogP contribution < -0.4 is 0 Å². The van der Waals surface area contributed by atoms with Gasteiger partial charge in [-0.25, -0.2) is 0 Å². The van der Waals surface area contributed by atoms with Crippen molar-refractivity contribution in [3.63, 3.8) is 0 Å². The summed E-state index contributed by atoms with van der Waals surface area (Å²) in [5, 5.41) is 0. The van der Waals surface area contributed by atoms with Crippen LogP contribution in [0.25, 0.3) is 0 Å². The smallest absolute Gasteiger partial charge is 0.325 e. The zero-order chi connectivity index (χ0) is 12.2. The van der Waals surface area contributed by atoms with Gasteiger partial charge in [-0.15, -0.1) is 0 Å². The normalized spacial score (nSPS) is 16.2. The Morgan fingerprint density at radius 1 is 1.31 bits per heavy atom. The van der Waals surface area contributed by atoms with E-state index in [-0.39, 0.29) is 12.1 Å². The Morgan fingerprint density at radius 3 is 2.31 bits per heavy atom. The lowest BCUT2D eigenvalue weighted by atomic mass is 9.97. The van der Waals surface area contributed by atoms with Gasteiger partial charge in [-0.1, -0.05) is 46.3 Å². The van der Waals surface area contributed by atoms with Crippen molar-refractivity contribution in [3.8, 4) is 0 Å². The molecule has 0 aromatic heterocycles. The minimum Gasteiger partial charge on any atom is -0.468 e. The van der Waals surface area contributed by atoms with E-state index in [0.29, 0.717) is 0 Å². The molecule has 0 saturated heterocycles. The number of hydrogen-bond donors (Lipinski definition) is 0. The van der Waals surface area contributed by atoms with Crippen molar-refractivity contribution < 1.29 is 14.3 Å². The summed E-state index contributed by atoms with van der Waals surface area (Å²) in [6.45, 7) is 1.74. The fraction of sp³-hybridized carbons (Fsp3) is 0.417. The molecule has 0 radical (unpaired) electrons. The van der Waals surface area contributed by atoms with Gasteiger partial charge in [0.1, 0.15) is 6.10 Å². The number of esters is 1. The highest BCUT2D eigenvalue weighted by Gasteiger charge is 2.41. The van der Waals surface area contributed by atoms with E-state index in [1.165, 1.54) is 7.11 Å². The molecule has 0 saturated carbocycles. The Morgan fingerprint density at radius 2 is 1.88 bits per heavy atom. The summed E-state index contributed by atoms with van der Waals surface area (Å²) in [5.74, 6) is -0.358. The predicted octanol–water partition coefficient (Wildman–Crippen LogP) is 2.70. The lowest BCUT2D eigenvalue weighted by Crippen LogP contribution is -2.37. The monoisotopic (exact) mass is 286 g/mol. The molecule has 3 nitrogen and oxygen atoms in total. The summed E-state index contributed by atoms with van der Waals surface area (Å²) in [5.41, 5.74) is 0.926. The average Bonchev–Trinajstić information content (AvgIpc) is 2.30. The maximum Gasteiger partial charge on any atom is 0.325 e. The van der Waals surface area contributed by atoms with Gasteiger partial charge >= 0.3 is 5.97 Å². The number of alkyl halides is 1. The van der Waals surface area contributed by atoms with Crippen molar-refractivity contribution in [2.24, 2.45) is 0 Å². The fourth-order valence-corrected chi connectivity index (χ4v) is 2.22. The van der Waals surface area contributed by atoms with E-state index >= 15 is 0 Å². The van der Waals surface area contributed by atoms with Gasteiger partial charge in [-0.05, 0) is 12.5 Å². The molecule has 0 bridgehead atoms. The van der Waals surface area contributed by atoms with E-state index in [1.807, 2.05) is 30.3 Å². The standard InChI is InChI=1S/C12H15BrO3/c1-12(13,11(14)16-3)10(15-2)9-7-5-4-6-8-9/h4-8,10H,1-3H3/t10-,12-/m0/s1. The van der Waals surface area contributed by atoms with Crippen LogP contribution in [0.1, 0.15) is 18.6 Å². The van der Waals surface area contributed by atoms with Crippen LogP contribution in [0.3, 0.4) is 0 Å². The number of carbonyl (C=O) groups excluding carboxylic acids is 1. The molecule has 0 N–H and O–H groups in total. The third-order valence-electron chi connectivity index (χ3n) is 2.41. The van der Waals surface area contributed by atoms with E-state index in [0.717, 1.165) is 5.56 Å². The van der Waals surface area contributed by atoms with Gasteiger partial charge in [0.2, 0.25) is 0 Å². The summed E-state index contributed by atoms with van der Waals surface area (Å²) < 4.78 is 9.24. The molecule has 1 aromatic rings. The molecule has 2 atom stereocenters. The molecule has 0 fully saturated rings. The number of methoxy groups -OCH3 is 2. The van der Waals surface area contributed by atoms with Gasteiger partial charge in [-0.2, -0.15) is 0 Å². The molecule has 0 spiro atoms. The molecular weight excluding hydrogens is 272 g/mol. The topological polar surface area (TPSA) is 35.5 Å². The van der Waals surface area contributed by atoms with E-state index in [9.17, 15) is 4.79 Å². The van der Waals surface area contributed by atoms with Gasteiger partial charge in [0.05, 0.1) is 7.11 Å². The quantitative estimate of drug-likeness (QED) is 0.631. The molecule has 0 unspecified atom stereocenters. The molecule has 4 heteroatoms. The number of hydrogen-bond acceptors (Lipinski definition) is 3. The molecule has 88 valence electrons. The highest BCUT2D eigenvalue weighted by atomic mass is 79.9. The van der Waals surface area contributed by atoms with Crippen molar-refractivity contribution in [3.05, 3.63) is 35.9 Å². The number of ether oxygens (including phenoxy) is 2. The van der Waals surface area contributed by atoms with Gasteiger partial charge in [0, 0.05) is 7.11 Å². The maximum absolute atomic E-state index is 11.7. The van der Waals surface area contributed by atoms with Crippen molar-refractivity contribution >= 4 is 21.9 Å². The Hall–Kier alpha value is -0.870. The lowest BCUT2D eigenvalue weighted by molar-refractivity contribution is -0.146. The minimum absolute atomic E-state index is 0.358. The molecule has 0 amide bonds. The van der Waals surface area contributed by atoms with Crippen LogP contribution in [0, 0.1) is 0 Å².